The first kappa shape index (κ1) is 15.5. The van der Waals surface area contributed by atoms with Gasteiger partial charge in [0.05, 0.1) is 11.6 Å². The number of fused-ring (bicyclic) bond motifs is 1. The normalized spacial score (nSPS) is 14.5. The lowest BCUT2D eigenvalue weighted by atomic mass is 9.97. The van der Waals surface area contributed by atoms with Crippen LogP contribution in [-0.4, -0.2) is 27.3 Å². The third kappa shape index (κ3) is 3.25. The van der Waals surface area contributed by atoms with E-state index in [-0.39, 0.29) is 23.4 Å². The maximum atomic E-state index is 11.4. The third-order valence-corrected chi connectivity index (χ3v) is 3.59. The predicted molar refractivity (Wildman–Crippen MR) is 83.5 cm³/mol. The number of rotatable bonds is 5. The molecule has 2 aromatic rings. The van der Waals surface area contributed by atoms with Gasteiger partial charge in [0.15, 0.2) is 0 Å². The fraction of sp³-hybridized carbons (Fsp3) is 0.438. The number of aromatic hydroxyl groups is 1. The molecule has 2 unspecified atom stereocenters. The molecule has 21 heavy (non-hydrogen) atoms. The van der Waals surface area contributed by atoms with Gasteiger partial charge in [0.2, 0.25) is 5.56 Å². The molecule has 5 heteroatoms. The second-order valence-corrected chi connectivity index (χ2v) is 5.57. The summed E-state index contributed by atoms with van der Waals surface area (Å²) >= 11 is 0. The van der Waals surface area contributed by atoms with Crippen molar-refractivity contribution in [3.63, 3.8) is 0 Å². The van der Waals surface area contributed by atoms with Gasteiger partial charge in [-0.1, -0.05) is 32.9 Å². The predicted octanol–water partition coefficient (Wildman–Crippen LogP) is 2.04. The first-order valence-corrected chi connectivity index (χ1v) is 7.23. The van der Waals surface area contributed by atoms with Gasteiger partial charge in [0.25, 0.3) is 0 Å². The van der Waals surface area contributed by atoms with Crippen molar-refractivity contribution >= 4 is 10.9 Å². The van der Waals surface area contributed by atoms with Crippen LogP contribution in [0.15, 0.2) is 29.1 Å². The zero-order chi connectivity index (χ0) is 15.6. The zero-order valence-electron chi connectivity index (χ0n) is 12.6. The molecule has 1 aromatic heterocycles. The average Bonchev–Trinajstić information content (AvgIpc) is 2.45. The van der Waals surface area contributed by atoms with Gasteiger partial charge in [-0.15, -0.1) is 0 Å². The first-order valence-electron chi connectivity index (χ1n) is 7.23. The number of H-pyrrole nitrogens is 1. The molecule has 2 atom stereocenters. The molecule has 0 aliphatic rings. The lowest BCUT2D eigenvalue weighted by Crippen LogP contribution is -2.38. The molecule has 0 radical (unpaired) electrons. The molecule has 0 saturated heterocycles. The van der Waals surface area contributed by atoms with Crippen molar-refractivity contribution < 1.29 is 10.2 Å². The second-order valence-electron chi connectivity index (χ2n) is 5.57. The number of aliphatic hydroxyl groups excluding tert-OH is 1. The van der Waals surface area contributed by atoms with Crippen molar-refractivity contribution in [2.24, 2.45) is 0 Å². The minimum absolute atomic E-state index is 0.0679. The number of phenols is 1. The van der Waals surface area contributed by atoms with E-state index in [1.165, 1.54) is 6.07 Å². The summed E-state index contributed by atoms with van der Waals surface area (Å²) in [6.45, 7) is 5.99. The Hall–Kier alpha value is -1.85. The summed E-state index contributed by atoms with van der Waals surface area (Å²) in [5, 5.41) is 24.9. The SMILES string of the molecule is CCC(NC(C)C)C(O)c1ccc2ccc(=O)[nH]c2c1O. The van der Waals surface area contributed by atoms with Crippen LogP contribution in [0.25, 0.3) is 10.9 Å². The van der Waals surface area contributed by atoms with Gasteiger partial charge in [0, 0.05) is 29.1 Å². The van der Waals surface area contributed by atoms with Crippen LogP contribution in [0.4, 0.5) is 0 Å². The van der Waals surface area contributed by atoms with Crippen molar-refractivity contribution in [2.45, 2.75) is 45.4 Å². The van der Waals surface area contributed by atoms with Crippen LogP contribution in [0.5, 0.6) is 5.75 Å². The molecule has 4 N–H and O–H groups in total. The minimum atomic E-state index is -0.842. The molecule has 0 amide bonds. The van der Waals surface area contributed by atoms with Crippen LogP contribution in [0.3, 0.4) is 0 Å². The average molecular weight is 290 g/mol. The van der Waals surface area contributed by atoms with E-state index < -0.39 is 6.10 Å². The van der Waals surface area contributed by atoms with E-state index >= 15 is 0 Å². The molecule has 0 fully saturated rings. The Bertz CT molecular complexity index is 679. The van der Waals surface area contributed by atoms with Gasteiger partial charge >= 0.3 is 0 Å². The summed E-state index contributed by atoms with van der Waals surface area (Å²) in [4.78, 5) is 14.0. The maximum absolute atomic E-state index is 11.4. The molecule has 0 aliphatic heterocycles. The van der Waals surface area contributed by atoms with Crippen molar-refractivity contribution in [2.75, 3.05) is 0 Å². The summed E-state index contributed by atoms with van der Waals surface area (Å²) < 4.78 is 0. The second kappa shape index (κ2) is 6.28. The summed E-state index contributed by atoms with van der Waals surface area (Å²) in [7, 11) is 0. The summed E-state index contributed by atoms with van der Waals surface area (Å²) in [6.07, 6.45) is -0.118. The Kier molecular flexibility index (Phi) is 4.65. The number of hydrogen-bond donors (Lipinski definition) is 4. The summed E-state index contributed by atoms with van der Waals surface area (Å²) in [6, 6.07) is 6.60. The van der Waals surface area contributed by atoms with E-state index in [9.17, 15) is 15.0 Å². The number of benzene rings is 1. The number of pyridine rings is 1. The smallest absolute Gasteiger partial charge is 0.248 e. The first-order chi connectivity index (χ1) is 9.93. The molecule has 2 rings (SSSR count). The summed E-state index contributed by atoms with van der Waals surface area (Å²) in [5.74, 6) is -0.0679. The topological polar surface area (TPSA) is 85.4 Å². The molecule has 1 aromatic carbocycles. The van der Waals surface area contributed by atoms with Gasteiger partial charge in [-0.2, -0.15) is 0 Å². The van der Waals surface area contributed by atoms with E-state index in [0.717, 1.165) is 11.8 Å². The molecule has 0 saturated carbocycles. The molecular weight excluding hydrogens is 268 g/mol. The number of aromatic amines is 1. The van der Waals surface area contributed by atoms with Crippen molar-refractivity contribution in [3.8, 4) is 5.75 Å². The number of nitrogens with one attached hydrogen (secondary N) is 2. The van der Waals surface area contributed by atoms with Crippen LogP contribution in [0, 0.1) is 0 Å². The van der Waals surface area contributed by atoms with Crippen LogP contribution in [0.1, 0.15) is 38.9 Å². The Balaban J connectivity index is 2.45. The van der Waals surface area contributed by atoms with Crippen LogP contribution in [-0.2, 0) is 0 Å². The van der Waals surface area contributed by atoms with E-state index in [1.807, 2.05) is 20.8 Å². The molecule has 1 heterocycles. The fourth-order valence-electron chi connectivity index (χ4n) is 2.54. The highest BCUT2D eigenvalue weighted by Crippen LogP contribution is 2.32. The standard InChI is InChI=1S/C16H22N2O3/c1-4-12(17-9(2)3)15(20)11-7-5-10-6-8-13(19)18-14(10)16(11)21/h5-9,12,15,17,20-21H,4H2,1-3H3,(H,18,19). The molecule has 0 aliphatic carbocycles. The van der Waals surface area contributed by atoms with Crippen LogP contribution in [0.2, 0.25) is 0 Å². The van der Waals surface area contributed by atoms with Gasteiger partial charge in [-0.3, -0.25) is 4.79 Å². The van der Waals surface area contributed by atoms with Gasteiger partial charge in [-0.05, 0) is 12.5 Å². The van der Waals surface area contributed by atoms with Crippen molar-refractivity contribution in [3.05, 3.63) is 40.2 Å². The third-order valence-electron chi connectivity index (χ3n) is 3.59. The van der Waals surface area contributed by atoms with Crippen molar-refractivity contribution in [1.82, 2.24) is 10.3 Å². The highest BCUT2D eigenvalue weighted by Gasteiger charge is 2.23. The van der Waals surface area contributed by atoms with Crippen molar-refractivity contribution in [1.29, 1.82) is 0 Å². The maximum Gasteiger partial charge on any atom is 0.248 e. The molecule has 0 bridgehead atoms. The van der Waals surface area contributed by atoms with Gasteiger partial charge in [0.1, 0.15) is 5.75 Å². The molecule has 114 valence electrons. The number of hydrogen-bond acceptors (Lipinski definition) is 4. The van der Waals surface area contributed by atoms with Gasteiger partial charge < -0.3 is 20.5 Å². The summed E-state index contributed by atoms with van der Waals surface area (Å²) in [5.41, 5.74) is 0.500. The van der Waals surface area contributed by atoms with E-state index in [0.29, 0.717) is 11.1 Å². The van der Waals surface area contributed by atoms with E-state index in [1.54, 1.807) is 18.2 Å². The lowest BCUT2D eigenvalue weighted by molar-refractivity contribution is 0.119. The quantitative estimate of drug-likeness (QED) is 0.679. The van der Waals surface area contributed by atoms with E-state index in [4.69, 9.17) is 0 Å². The fourth-order valence-corrected chi connectivity index (χ4v) is 2.54. The molecular formula is C16H22N2O3. The van der Waals surface area contributed by atoms with Crippen LogP contribution >= 0.6 is 0 Å². The monoisotopic (exact) mass is 290 g/mol. The number of phenolic OH excluding ortho intramolecular Hbond substituents is 1. The number of aliphatic hydroxyl groups is 1. The van der Waals surface area contributed by atoms with E-state index in [2.05, 4.69) is 10.3 Å². The Morgan fingerprint density at radius 3 is 2.52 bits per heavy atom. The van der Waals surface area contributed by atoms with Crippen LogP contribution < -0.4 is 10.9 Å². The van der Waals surface area contributed by atoms with Gasteiger partial charge in [-0.25, -0.2) is 0 Å². The minimum Gasteiger partial charge on any atom is -0.505 e. The number of aromatic nitrogens is 1. The largest absolute Gasteiger partial charge is 0.505 e. The highest BCUT2D eigenvalue weighted by molar-refractivity contribution is 5.85. The molecule has 5 nitrogen and oxygen atoms in total. The molecule has 0 spiro atoms. The Morgan fingerprint density at radius 2 is 1.90 bits per heavy atom. The Labute approximate surface area is 123 Å². The zero-order valence-corrected chi connectivity index (χ0v) is 12.6. The lowest BCUT2D eigenvalue weighted by Gasteiger charge is -2.26. The Morgan fingerprint density at radius 1 is 1.24 bits per heavy atom. The highest BCUT2D eigenvalue weighted by atomic mass is 16.3.